The van der Waals surface area contributed by atoms with Crippen LogP contribution in [-0.4, -0.2) is 27.3 Å². The fourth-order valence-corrected chi connectivity index (χ4v) is 4.28. The van der Waals surface area contributed by atoms with Crippen molar-refractivity contribution in [3.8, 4) is 22.6 Å². The molecule has 1 aliphatic rings. The van der Waals surface area contributed by atoms with E-state index >= 15 is 0 Å². The Balaban J connectivity index is 1.56. The van der Waals surface area contributed by atoms with Crippen molar-refractivity contribution >= 4 is 5.69 Å². The Morgan fingerprint density at radius 3 is 2.41 bits per heavy atom. The summed E-state index contributed by atoms with van der Waals surface area (Å²) in [6.07, 6.45) is 1.40. The molecule has 6 nitrogen and oxygen atoms in total. The smallest absolute Gasteiger partial charge is 0.406 e. The molecule has 2 aromatic heterocycles. The van der Waals surface area contributed by atoms with Crippen LogP contribution in [0.25, 0.3) is 16.8 Å². The van der Waals surface area contributed by atoms with Crippen molar-refractivity contribution in [1.29, 1.82) is 0 Å². The van der Waals surface area contributed by atoms with Gasteiger partial charge in [0.15, 0.2) is 0 Å². The van der Waals surface area contributed by atoms with Crippen molar-refractivity contribution in [2.75, 3.05) is 11.4 Å². The van der Waals surface area contributed by atoms with Gasteiger partial charge in [-0.25, -0.2) is 0 Å². The number of pyridine rings is 1. The second-order valence-electron chi connectivity index (χ2n) is 8.17. The zero-order chi connectivity index (χ0) is 23.9. The van der Waals surface area contributed by atoms with Crippen molar-refractivity contribution in [3.63, 3.8) is 0 Å². The number of aryl methyl sites for hydroxylation is 1. The lowest BCUT2D eigenvalue weighted by molar-refractivity contribution is -0.274. The Labute approximate surface area is 193 Å². The summed E-state index contributed by atoms with van der Waals surface area (Å²) in [5.41, 5.74) is 5.10. The lowest BCUT2D eigenvalue weighted by Gasteiger charge is -2.32. The number of fused-ring (bicyclic) bond motifs is 1. The van der Waals surface area contributed by atoms with E-state index in [2.05, 4.69) is 26.9 Å². The van der Waals surface area contributed by atoms with E-state index in [0.717, 1.165) is 29.8 Å². The molecular formula is C25H21F3N4O2. The van der Waals surface area contributed by atoms with Gasteiger partial charge >= 0.3 is 6.36 Å². The molecule has 0 bridgehead atoms. The van der Waals surface area contributed by atoms with Crippen LogP contribution in [0.4, 0.5) is 18.9 Å². The molecule has 34 heavy (non-hydrogen) atoms. The third-order valence-electron chi connectivity index (χ3n) is 5.87. The molecule has 0 radical (unpaired) electrons. The van der Waals surface area contributed by atoms with E-state index < -0.39 is 6.36 Å². The number of anilines is 1. The molecule has 0 unspecified atom stereocenters. The van der Waals surface area contributed by atoms with Gasteiger partial charge in [0.25, 0.3) is 5.56 Å². The van der Waals surface area contributed by atoms with Crippen LogP contribution in [0.3, 0.4) is 0 Å². The van der Waals surface area contributed by atoms with Crippen LogP contribution in [0, 0.1) is 0 Å². The van der Waals surface area contributed by atoms with Crippen molar-refractivity contribution in [1.82, 2.24) is 14.3 Å². The third-order valence-corrected chi connectivity index (χ3v) is 5.87. The van der Waals surface area contributed by atoms with Gasteiger partial charge in [-0.3, -0.25) is 14.0 Å². The van der Waals surface area contributed by atoms with Gasteiger partial charge in [-0.2, -0.15) is 5.10 Å². The van der Waals surface area contributed by atoms with E-state index in [-0.39, 0.29) is 11.3 Å². The maximum atomic E-state index is 13.1. The van der Waals surface area contributed by atoms with Crippen LogP contribution in [0.1, 0.15) is 11.1 Å². The predicted molar refractivity (Wildman–Crippen MR) is 122 cm³/mol. The average Bonchev–Trinajstić information content (AvgIpc) is 3.24. The Morgan fingerprint density at radius 2 is 1.74 bits per heavy atom. The molecule has 0 saturated carbocycles. The molecule has 0 atom stereocenters. The number of benzene rings is 2. The largest absolute Gasteiger partial charge is 0.573 e. The van der Waals surface area contributed by atoms with Crippen LogP contribution in [0.2, 0.25) is 0 Å². The topological polar surface area (TPSA) is 52.3 Å². The third kappa shape index (κ3) is 4.41. The molecular weight excluding hydrogens is 445 g/mol. The van der Waals surface area contributed by atoms with Gasteiger partial charge in [0, 0.05) is 55.4 Å². The van der Waals surface area contributed by atoms with Crippen LogP contribution >= 0.6 is 0 Å². The molecule has 0 fully saturated rings. The van der Waals surface area contributed by atoms with Gasteiger partial charge in [-0.15, -0.1) is 13.2 Å². The highest BCUT2D eigenvalue weighted by atomic mass is 19.4. The molecule has 174 valence electrons. The highest BCUT2D eigenvalue weighted by Crippen LogP contribution is 2.33. The summed E-state index contributed by atoms with van der Waals surface area (Å²) >= 11 is 0. The van der Waals surface area contributed by atoms with Gasteiger partial charge < -0.3 is 9.64 Å². The van der Waals surface area contributed by atoms with E-state index in [1.165, 1.54) is 40.0 Å². The van der Waals surface area contributed by atoms with Gasteiger partial charge in [0.1, 0.15) is 5.75 Å². The minimum absolute atomic E-state index is 0.286. The fraction of sp³-hybridized carbons (Fsp3) is 0.200. The van der Waals surface area contributed by atoms with Gasteiger partial charge in [-0.1, -0.05) is 24.3 Å². The fourth-order valence-electron chi connectivity index (χ4n) is 4.28. The molecule has 1 aliphatic heterocycles. The highest BCUT2D eigenvalue weighted by Gasteiger charge is 2.31. The van der Waals surface area contributed by atoms with Crippen molar-refractivity contribution in [2.45, 2.75) is 19.3 Å². The SMILES string of the molecule is Cn1cc(-c2cn(-c3ccc(OC(F)(F)F)cc3)c(=O)cc2N2CCc3ccccc3C2)cn1. The molecule has 0 spiro atoms. The Hall–Kier alpha value is -4.01. The van der Waals surface area contributed by atoms with Crippen LogP contribution in [-0.2, 0) is 20.0 Å². The number of aromatic nitrogens is 3. The Kier molecular flexibility index (Phi) is 5.39. The zero-order valence-corrected chi connectivity index (χ0v) is 18.3. The Bertz CT molecular complexity index is 1390. The number of ether oxygens (including phenoxy) is 1. The quantitative estimate of drug-likeness (QED) is 0.438. The van der Waals surface area contributed by atoms with E-state index in [9.17, 15) is 18.0 Å². The van der Waals surface area contributed by atoms with E-state index in [1.54, 1.807) is 23.1 Å². The van der Waals surface area contributed by atoms with E-state index in [1.807, 2.05) is 25.4 Å². The first-order valence-electron chi connectivity index (χ1n) is 10.7. The number of halogens is 3. The molecule has 9 heteroatoms. The molecule has 3 heterocycles. The average molecular weight is 466 g/mol. The maximum Gasteiger partial charge on any atom is 0.573 e. The first-order chi connectivity index (χ1) is 16.3. The number of rotatable bonds is 4. The molecule has 0 saturated heterocycles. The second kappa shape index (κ2) is 8.40. The maximum absolute atomic E-state index is 13.1. The van der Waals surface area contributed by atoms with Gasteiger partial charge in [0.05, 0.1) is 11.9 Å². The lowest BCUT2D eigenvalue weighted by atomic mass is 9.98. The number of alkyl halides is 3. The second-order valence-corrected chi connectivity index (χ2v) is 8.17. The highest BCUT2D eigenvalue weighted by molar-refractivity contribution is 5.78. The van der Waals surface area contributed by atoms with Crippen molar-refractivity contribution in [2.24, 2.45) is 7.05 Å². The van der Waals surface area contributed by atoms with Crippen LogP contribution in [0.15, 0.2) is 78.0 Å². The van der Waals surface area contributed by atoms with E-state index in [0.29, 0.717) is 12.2 Å². The van der Waals surface area contributed by atoms with Gasteiger partial charge in [-0.05, 0) is 41.8 Å². The molecule has 0 N–H and O–H groups in total. The molecule has 0 aliphatic carbocycles. The monoisotopic (exact) mass is 466 g/mol. The summed E-state index contributed by atoms with van der Waals surface area (Å²) in [7, 11) is 1.82. The van der Waals surface area contributed by atoms with Crippen molar-refractivity contribution in [3.05, 3.63) is 94.7 Å². The Morgan fingerprint density at radius 1 is 1.00 bits per heavy atom. The van der Waals surface area contributed by atoms with Crippen LogP contribution in [0.5, 0.6) is 5.75 Å². The number of nitrogens with zero attached hydrogens (tertiary/aromatic N) is 4. The summed E-state index contributed by atoms with van der Waals surface area (Å²) in [5.74, 6) is -0.347. The number of hydrogen-bond donors (Lipinski definition) is 0. The summed E-state index contributed by atoms with van der Waals surface area (Å²) in [6.45, 7) is 1.44. The minimum atomic E-state index is -4.78. The summed E-state index contributed by atoms with van der Waals surface area (Å²) in [5, 5.41) is 4.27. The standard InChI is InChI=1S/C25H21F3N4O2/c1-30-14-19(13-29-30)22-16-32(20-6-8-21(9-7-20)34-25(26,27)28)24(33)12-23(22)31-11-10-17-4-2-3-5-18(17)15-31/h2-9,12-14,16H,10-11,15H2,1H3. The zero-order valence-electron chi connectivity index (χ0n) is 18.3. The number of hydrogen-bond acceptors (Lipinski definition) is 4. The molecule has 0 amide bonds. The first-order valence-corrected chi connectivity index (χ1v) is 10.7. The molecule has 5 rings (SSSR count). The van der Waals surface area contributed by atoms with Crippen molar-refractivity contribution < 1.29 is 17.9 Å². The lowest BCUT2D eigenvalue weighted by Crippen LogP contribution is -2.32. The predicted octanol–water partition coefficient (Wildman–Crippen LogP) is 4.70. The minimum Gasteiger partial charge on any atom is -0.406 e. The molecule has 4 aromatic rings. The normalized spacial score (nSPS) is 13.6. The van der Waals surface area contributed by atoms with Gasteiger partial charge in [0.2, 0.25) is 0 Å². The summed E-state index contributed by atoms with van der Waals surface area (Å²) < 4.78 is 44.5. The summed E-state index contributed by atoms with van der Waals surface area (Å²) in [6, 6.07) is 15.1. The summed E-state index contributed by atoms with van der Waals surface area (Å²) in [4.78, 5) is 15.3. The molecule has 2 aromatic carbocycles. The first kappa shape index (κ1) is 21.8. The van der Waals surface area contributed by atoms with Crippen LogP contribution < -0.4 is 15.2 Å². The van der Waals surface area contributed by atoms with E-state index in [4.69, 9.17) is 0 Å².